The number of rotatable bonds is 5. The summed E-state index contributed by atoms with van der Waals surface area (Å²) in [4.78, 5) is 12.0. The van der Waals surface area contributed by atoms with Gasteiger partial charge < -0.3 is 20.5 Å². The first-order valence-corrected chi connectivity index (χ1v) is 7.35. The average molecular weight is 292 g/mol. The molecule has 1 fully saturated rings. The van der Waals surface area contributed by atoms with Gasteiger partial charge in [-0.15, -0.1) is 0 Å². The smallest absolute Gasteiger partial charge is 0.315 e. The Hall–Kier alpha value is -1.75. The molecule has 0 spiro atoms. The molecule has 0 saturated heterocycles. The van der Waals surface area contributed by atoms with Crippen molar-refractivity contribution in [1.82, 2.24) is 10.6 Å². The molecular weight excluding hydrogens is 268 g/mol. The summed E-state index contributed by atoms with van der Waals surface area (Å²) in [5.74, 6) is 0.776. The summed E-state index contributed by atoms with van der Waals surface area (Å²) in [6.45, 7) is 2.58. The molecule has 1 saturated carbocycles. The van der Waals surface area contributed by atoms with Gasteiger partial charge in [-0.2, -0.15) is 0 Å². The van der Waals surface area contributed by atoms with Crippen molar-refractivity contribution in [2.24, 2.45) is 5.41 Å². The molecule has 3 N–H and O–H groups in total. The minimum absolute atomic E-state index is 0.0350. The zero-order chi connectivity index (χ0) is 15.3. The van der Waals surface area contributed by atoms with Crippen LogP contribution in [0.4, 0.5) is 4.79 Å². The van der Waals surface area contributed by atoms with Gasteiger partial charge in [0.25, 0.3) is 0 Å². The maximum atomic E-state index is 12.0. The number of benzene rings is 1. The molecule has 116 valence electrons. The summed E-state index contributed by atoms with van der Waals surface area (Å²) in [5, 5.41) is 15.3. The van der Waals surface area contributed by atoms with Crippen LogP contribution < -0.4 is 15.4 Å². The van der Waals surface area contributed by atoms with E-state index in [0.29, 0.717) is 6.54 Å². The summed E-state index contributed by atoms with van der Waals surface area (Å²) in [6, 6.07) is 7.45. The van der Waals surface area contributed by atoms with Crippen LogP contribution in [0.1, 0.15) is 31.7 Å². The summed E-state index contributed by atoms with van der Waals surface area (Å²) >= 11 is 0. The third-order valence-electron chi connectivity index (χ3n) is 4.34. The SMILES string of the molecule is COc1cccc(CNC(=O)NC2CCCC2(C)CO)c1. The molecule has 2 atom stereocenters. The number of carbonyl (C=O) groups is 1. The van der Waals surface area contributed by atoms with Gasteiger partial charge in [-0.1, -0.05) is 25.5 Å². The van der Waals surface area contributed by atoms with Gasteiger partial charge in [0.15, 0.2) is 0 Å². The van der Waals surface area contributed by atoms with Crippen molar-refractivity contribution in [3.63, 3.8) is 0 Å². The first-order chi connectivity index (χ1) is 10.1. The molecule has 0 aromatic heterocycles. The molecule has 1 aromatic carbocycles. The van der Waals surface area contributed by atoms with Crippen molar-refractivity contribution >= 4 is 6.03 Å². The second kappa shape index (κ2) is 6.80. The lowest BCUT2D eigenvalue weighted by atomic mass is 9.86. The number of methoxy groups -OCH3 is 1. The molecule has 1 aromatic rings. The van der Waals surface area contributed by atoms with Crippen LogP contribution in [0, 0.1) is 5.41 Å². The predicted octanol–water partition coefficient (Wildman–Crippen LogP) is 2.05. The molecule has 5 heteroatoms. The van der Waals surface area contributed by atoms with Crippen LogP contribution in [0.5, 0.6) is 5.75 Å². The van der Waals surface area contributed by atoms with Gasteiger partial charge in [-0.25, -0.2) is 4.79 Å². The molecule has 2 rings (SSSR count). The van der Waals surface area contributed by atoms with E-state index in [4.69, 9.17) is 4.74 Å². The lowest BCUT2D eigenvalue weighted by molar-refractivity contribution is 0.121. The van der Waals surface area contributed by atoms with Crippen molar-refractivity contribution in [1.29, 1.82) is 0 Å². The lowest BCUT2D eigenvalue weighted by Gasteiger charge is -2.30. The number of nitrogens with one attached hydrogen (secondary N) is 2. The molecule has 5 nitrogen and oxygen atoms in total. The molecule has 2 unspecified atom stereocenters. The highest BCUT2D eigenvalue weighted by Gasteiger charge is 2.38. The Morgan fingerprint density at radius 3 is 3.05 bits per heavy atom. The van der Waals surface area contributed by atoms with Crippen molar-refractivity contribution in [3.8, 4) is 5.75 Å². The third-order valence-corrected chi connectivity index (χ3v) is 4.34. The fraction of sp³-hybridized carbons (Fsp3) is 0.562. The van der Waals surface area contributed by atoms with E-state index in [9.17, 15) is 9.90 Å². The number of hydrogen-bond acceptors (Lipinski definition) is 3. The second-order valence-electron chi connectivity index (χ2n) is 5.94. The third kappa shape index (κ3) is 3.88. The van der Waals surface area contributed by atoms with Gasteiger partial charge in [-0.3, -0.25) is 0 Å². The fourth-order valence-corrected chi connectivity index (χ4v) is 2.84. The number of carbonyl (C=O) groups excluding carboxylic acids is 1. The molecule has 1 aliphatic carbocycles. The van der Waals surface area contributed by atoms with E-state index in [1.54, 1.807) is 7.11 Å². The number of amides is 2. The molecule has 0 heterocycles. The number of ether oxygens (including phenoxy) is 1. The zero-order valence-corrected chi connectivity index (χ0v) is 12.7. The van der Waals surface area contributed by atoms with E-state index in [0.717, 1.165) is 30.6 Å². The molecule has 0 radical (unpaired) electrons. The van der Waals surface area contributed by atoms with E-state index in [-0.39, 0.29) is 24.1 Å². The maximum absolute atomic E-state index is 12.0. The van der Waals surface area contributed by atoms with Crippen LogP contribution in [-0.4, -0.2) is 30.9 Å². The van der Waals surface area contributed by atoms with Crippen molar-refractivity contribution in [2.45, 2.75) is 38.8 Å². The minimum atomic E-state index is -0.201. The highest BCUT2D eigenvalue weighted by molar-refractivity contribution is 5.74. The first-order valence-electron chi connectivity index (χ1n) is 7.35. The van der Waals surface area contributed by atoms with Crippen molar-refractivity contribution in [2.75, 3.05) is 13.7 Å². The van der Waals surface area contributed by atoms with E-state index < -0.39 is 0 Å². The topological polar surface area (TPSA) is 70.6 Å². The maximum Gasteiger partial charge on any atom is 0.315 e. The second-order valence-corrected chi connectivity index (χ2v) is 5.94. The highest BCUT2D eigenvalue weighted by Crippen LogP contribution is 2.37. The van der Waals surface area contributed by atoms with E-state index >= 15 is 0 Å². The van der Waals surface area contributed by atoms with Crippen molar-refractivity contribution in [3.05, 3.63) is 29.8 Å². The Balaban J connectivity index is 1.84. The molecule has 0 bridgehead atoms. The molecule has 21 heavy (non-hydrogen) atoms. The Morgan fingerprint density at radius 2 is 2.33 bits per heavy atom. The van der Waals surface area contributed by atoms with E-state index in [1.165, 1.54) is 0 Å². The van der Waals surface area contributed by atoms with Crippen LogP contribution in [0.3, 0.4) is 0 Å². The predicted molar refractivity (Wildman–Crippen MR) is 81.2 cm³/mol. The van der Waals surface area contributed by atoms with E-state index in [1.807, 2.05) is 31.2 Å². The van der Waals surface area contributed by atoms with Crippen LogP contribution in [0.2, 0.25) is 0 Å². The molecular formula is C16H24N2O3. The van der Waals surface area contributed by atoms with Gasteiger partial charge in [0.2, 0.25) is 0 Å². The first kappa shape index (κ1) is 15.6. The van der Waals surface area contributed by atoms with Crippen LogP contribution in [-0.2, 0) is 6.54 Å². The van der Waals surface area contributed by atoms with Gasteiger partial charge in [-0.05, 0) is 30.5 Å². The summed E-state index contributed by atoms with van der Waals surface area (Å²) in [7, 11) is 1.62. The zero-order valence-electron chi connectivity index (χ0n) is 12.7. The largest absolute Gasteiger partial charge is 0.497 e. The quantitative estimate of drug-likeness (QED) is 0.778. The van der Waals surface area contributed by atoms with Crippen LogP contribution in [0.25, 0.3) is 0 Å². The van der Waals surface area contributed by atoms with Crippen molar-refractivity contribution < 1.29 is 14.6 Å². The number of aliphatic hydroxyl groups excluding tert-OH is 1. The molecule has 0 aliphatic heterocycles. The number of aliphatic hydroxyl groups is 1. The summed E-state index contributed by atoms with van der Waals surface area (Å²) in [6.07, 6.45) is 2.91. The Labute approximate surface area is 125 Å². The monoisotopic (exact) mass is 292 g/mol. The number of hydrogen-bond donors (Lipinski definition) is 3. The molecule has 1 aliphatic rings. The van der Waals surface area contributed by atoms with Gasteiger partial charge in [0.05, 0.1) is 13.7 Å². The van der Waals surface area contributed by atoms with Gasteiger partial charge >= 0.3 is 6.03 Å². The standard InChI is InChI=1S/C16H24N2O3/c1-16(11-19)8-4-7-14(16)18-15(20)17-10-12-5-3-6-13(9-12)21-2/h3,5-6,9,14,19H,4,7-8,10-11H2,1-2H3,(H2,17,18,20). The minimum Gasteiger partial charge on any atom is -0.497 e. The fourth-order valence-electron chi connectivity index (χ4n) is 2.84. The summed E-state index contributed by atoms with van der Waals surface area (Å²) < 4.78 is 5.16. The lowest BCUT2D eigenvalue weighted by Crippen LogP contribution is -2.48. The normalized spacial score (nSPS) is 24.6. The van der Waals surface area contributed by atoms with E-state index in [2.05, 4.69) is 10.6 Å². The highest BCUT2D eigenvalue weighted by atomic mass is 16.5. The Bertz CT molecular complexity index is 492. The van der Waals surface area contributed by atoms with Gasteiger partial charge in [0, 0.05) is 18.0 Å². The molecule has 2 amide bonds. The van der Waals surface area contributed by atoms with Crippen LogP contribution in [0.15, 0.2) is 24.3 Å². The van der Waals surface area contributed by atoms with Gasteiger partial charge in [0.1, 0.15) is 5.75 Å². The average Bonchev–Trinajstić information content (AvgIpc) is 2.87. The van der Waals surface area contributed by atoms with Crippen LogP contribution >= 0.6 is 0 Å². The summed E-state index contributed by atoms with van der Waals surface area (Å²) in [5.41, 5.74) is 0.786. The Kier molecular flexibility index (Phi) is 5.07. The Morgan fingerprint density at radius 1 is 1.52 bits per heavy atom. The number of urea groups is 1.